The van der Waals surface area contributed by atoms with Gasteiger partial charge in [-0.2, -0.15) is 18.4 Å². The Labute approximate surface area is 207 Å². The lowest BCUT2D eigenvalue weighted by atomic mass is 9.95. The van der Waals surface area contributed by atoms with Gasteiger partial charge < -0.3 is 10.8 Å². The van der Waals surface area contributed by atoms with Gasteiger partial charge in [-0.1, -0.05) is 54.6 Å². The lowest BCUT2D eigenvalue weighted by Gasteiger charge is -2.15. The van der Waals surface area contributed by atoms with Gasteiger partial charge in [-0.05, 0) is 59.9 Å². The van der Waals surface area contributed by atoms with Crippen LogP contribution in [0.15, 0.2) is 89.6 Å². The molecule has 3 aromatic rings. The van der Waals surface area contributed by atoms with Crippen LogP contribution in [0.2, 0.25) is 0 Å². The van der Waals surface area contributed by atoms with Gasteiger partial charge in [-0.3, -0.25) is 4.79 Å². The second-order valence-corrected chi connectivity index (χ2v) is 8.18. The molecule has 0 saturated heterocycles. The van der Waals surface area contributed by atoms with Gasteiger partial charge in [0, 0.05) is 6.42 Å². The van der Waals surface area contributed by atoms with Crippen LogP contribution in [0.1, 0.15) is 40.3 Å². The van der Waals surface area contributed by atoms with E-state index in [0.717, 1.165) is 16.7 Å². The first-order valence-electron chi connectivity index (χ1n) is 11.1. The molecule has 3 rings (SSSR count). The molecular formula is C28H24F3N3O2. The molecule has 0 bridgehead atoms. The normalized spacial score (nSPS) is 13.2. The number of aryl methyl sites for hydroxylation is 2. The molecule has 5 nitrogen and oxygen atoms in total. The number of aliphatic hydroxyl groups excluding tert-OH is 1. The second-order valence-electron chi connectivity index (χ2n) is 8.18. The molecule has 1 unspecified atom stereocenters. The third kappa shape index (κ3) is 6.90. The van der Waals surface area contributed by atoms with Crippen LogP contribution >= 0.6 is 0 Å². The van der Waals surface area contributed by atoms with Gasteiger partial charge in [0.15, 0.2) is 5.78 Å². The number of allylic oxidation sites excluding steroid dienone is 2. The minimum absolute atomic E-state index is 0.137. The minimum Gasteiger partial charge on any atom is -0.395 e. The van der Waals surface area contributed by atoms with E-state index in [1.54, 1.807) is 24.3 Å². The molecule has 36 heavy (non-hydrogen) atoms. The Morgan fingerprint density at radius 3 is 2.53 bits per heavy atom. The number of nitrogens with zero attached hydrogens (tertiary/aromatic N) is 2. The number of alkyl halides is 3. The molecule has 0 amide bonds. The van der Waals surface area contributed by atoms with Crippen molar-refractivity contribution in [2.75, 3.05) is 0 Å². The molecule has 1 atom stereocenters. The Balaban J connectivity index is 1.84. The Morgan fingerprint density at radius 2 is 1.83 bits per heavy atom. The van der Waals surface area contributed by atoms with Crippen LogP contribution in [-0.2, 0) is 11.2 Å². The summed E-state index contributed by atoms with van der Waals surface area (Å²) in [6.07, 6.45) is -5.09. The highest BCUT2D eigenvalue weighted by Crippen LogP contribution is 2.26. The van der Waals surface area contributed by atoms with E-state index in [1.807, 2.05) is 37.3 Å². The molecule has 0 fully saturated rings. The molecule has 0 saturated carbocycles. The number of carbonyl (C=O) groups is 1. The predicted octanol–water partition coefficient (Wildman–Crippen LogP) is 5.63. The summed E-state index contributed by atoms with van der Waals surface area (Å²) in [7, 11) is 0. The quantitative estimate of drug-likeness (QED) is 0.399. The predicted molar refractivity (Wildman–Crippen MR) is 132 cm³/mol. The molecule has 0 aromatic heterocycles. The largest absolute Gasteiger partial charge is 0.430 e. The highest BCUT2D eigenvalue weighted by Gasteiger charge is 2.32. The highest BCUT2D eigenvalue weighted by atomic mass is 19.4. The maximum Gasteiger partial charge on any atom is 0.430 e. The summed E-state index contributed by atoms with van der Waals surface area (Å²) < 4.78 is 39.1. The van der Waals surface area contributed by atoms with Gasteiger partial charge in [0.1, 0.15) is 17.5 Å². The van der Waals surface area contributed by atoms with Gasteiger partial charge in [-0.15, -0.1) is 0 Å². The first-order chi connectivity index (χ1) is 17.1. The van der Waals surface area contributed by atoms with Crippen LogP contribution in [0.25, 0.3) is 0 Å². The molecule has 0 heterocycles. The molecule has 8 heteroatoms. The van der Waals surface area contributed by atoms with Crippen LogP contribution in [0, 0.1) is 18.3 Å². The summed E-state index contributed by atoms with van der Waals surface area (Å²) in [5.74, 6) is -0.644. The zero-order valence-electron chi connectivity index (χ0n) is 19.5. The summed E-state index contributed by atoms with van der Waals surface area (Å²) in [6, 6.07) is 22.3. The molecule has 0 aliphatic rings. The van der Waals surface area contributed by atoms with Crippen LogP contribution < -0.4 is 5.73 Å². The van der Waals surface area contributed by atoms with E-state index in [9.17, 15) is 23.1 Å². The molecule has 0 aliphatic heterocycles. The third-order valence-corrected chi connectivity index (χ3v) is 5.52. The van der Waals surface area contributed by atoms with Crippen molar-refractivity contribution in [3.63, 3.8) is 0 Å². The number of benzene rings is 3. The average molecular weight is 492 g/mol. The zero-order chi connectivity index (χ0) is 26.3. The van der Waals surface area contributed by atoms with Gasteiger partial charge in [0.25, 0.3) is 0 Å². The Morgan fingerprint density at radius 1 is 1.11 bits per heavy atom. The fourth-order valence-electron chi connectivity index (χ4n) is 3.57. The molecule has 3 aromatic carbocycles. The van der Waals surface area contributed by atoms with E-state index < -0.39 is 29.5 Å². The molecule has 3 N–H and O–H groups in total. The zero-order valence-corrected chi connectivity index (χ0v) is 19.5. The van der Waals surface area contributed by atoms with Crippen molar-refractivity contribution in [2.45, 2.75) is 32.0 Å². The topological polar surface area (TPSA) is 99.5 Å². The average Bonchev–Trinajstić information content (AvgIpc) is 2.86. The van der Waals surface area contributed by atoms with Crippen molar-refractivity contribution in [3.05, 3.63) is 112 Å². The third-order valence-electron chi connectivity index (χ3n) is 5.52. The molecule has 184 valence electrons. The summed E-state index contributed by atoms with van der Waals surface area (Å²) >= 11 is 0. The molecular weight excluding hydrogens is 467 g/mol. The first-order valence-corrected chi connectivity index (χ1v) is 11.1. The number of hydrogen-bond donors (Lipinski definition) is 2. The van der Waals surface area contributed by atoms with E-state index in [-0.39, 0.29) is 24.1 Å². The molecule has 0 spiro atoms. The summed E-state index contributed by atoms with van der Waals surface area (Å²) in [5, 5.41) is 19.9. The number of hydrogen-bond acceptors (Lipinski definition) is 5. The lowest BCUT2D eigenvalue weighted by Crippen LogP contribution is -2.23. The maximum absolute atomic E-state index is 13.0. The van der Waals surface area contributed by atoms with E-state index >= 15 is 0 Å². The van der Waals surface area contributed by atoms with Crippen molar-refractivity contribution < 1.29 is 23.1 Å². The van der Waals surface area contributed by atoms with Crippen molar-refractivity contribution in [3.8, 4) is 6.07 Å². The summed E-state index contributed by atoms with van der Waals surface area (Å²) in [4.78, 5) is 17.0. The fourth-order valence-corrected chi connectivity index (χ4v) is 3.57. The number of halogens is 3. The highest BCUT2D eigenvalue weighted by molar-refractivity contribution is 6.44. The minimum atomic E-state index is -4.82. The van der Waals surface area contributed by atoms with Crippen molar-refractivity contribution >= 4 is 17.2 Å². The Hall–Kier alpha value is -4.22. The molecule has 0 radical (unpaired) electrons. The van der Waals surface area contributed by atoms with Crippen molar-refractivity contribution in [2.24, 2.45) is 10.7 Å². The fraction of sp³-hybridized carbons (Fsp3) is 0.179. The summed E-state index contributed by atoms with van der Waals surface area (Å²) in [5.41, 5.74) is 6.70. The Kier molecular flexibility index (Phi) is 8.41. The Bertz CT molecular complexity index is 1350. The number of carbonyl (C=O) groups excluding carboxylic acids is 1. The number of rotatable bonds is 8. The van der Waals surface area contributed by atoms with E-state index in [2.05, 4.69) is 4.99 Å². The SMILES string of the molecule is Cc1ccccc1C(O)c1cccc(CCC(=O)C(C=C(N)C(F)(F)F)=Nc2cccc(C#N)c2)c1. The number of aliphatic imine (C=N–C) groups is 1. The number of aliphatic hydroxyl groups is 1. The number of nitrogens with two attached hydrogens (primary N) is 1. The van der Waals surface area contributed by atoms with E-state index in [4.69, 9.17) is 11.0 Å². The number of Topliss-reactive ketones (excluding diaryl/α,β-unsaturated/α-hetero) is 1. The van der Waals surface area contributed by atoms with E-state index in [0.29, 0.717) is 11.6 Å². The van der Waals surface area contributed by atoms with E-state index in [1.165, 1.54) is 24.3 Å². The van der Waals surface area contributed by atoms with Crippen LogP contribution in [0.5, 0.6) is 0 Å². The standard InChI is InChI=1S/C28H24F3N3O2/c1-18-6-2-3-11-23(18)27(36)21-9-4-7-19(14-21)12-13-25(35)24(16-26(33)28(29,30)31)34-22-10-5-8-20(15-22)17-32/h2-11,14-16,27,36H,12-13,33H2,1H3. The van der Waals surface area contributed by atoms with Crippen molar-refractivity contribution in [1.82, 2.24) is 0 Å². The van der Waals surface area contributed by atoms with Gasteiger partial charge in [0.2, 0.25) is 0 Å². The second kappa shape index (κ2) is 11.5. The smallest absolute Gasteiger partial charge is 0.395 e. The maximum atomic E-state index is 13.0. The number of ketones is 1. The van der Waals surface area contributed by atoms with Gasteiger partial charge in [0.05, 0.1) is 17.3 Å². The molecule has 0 aliphatic carbocycles. The monoisotopic (exact) mass is 491 g/mol. The lowest BCUT2D eigenvalue weighted by molar-refractivity contribution is -0.112. The van der Waals surface area contributed by atoms with Crippen LogP contribution in [0.4, 0.5) is 18.9 Å². The summed E-state index contributed by atoms with van der Waals surface area (Å²) in [6.45, 7) is 1.90. The van der Waals surface area contributed by atoms with Crippen molar-refractivity contribution in [1.29, 1.82) is 5.26 Å². The van der Waals surface area contributed by atoms with Gasteiger partial charge >= 0.3 is 6.18 Å². The first kappa shape index (κ1) is 26.4. The van der Waals surface area contributed by atoms with Gasteiger partial charge in [-0.25, -0.2) is 4.99 Å². The van der Waals surface area contributed by atoms with Crippen LogP contribution in [0.3, 0.4) is 0 Å². The number of nitriles is 1. The van der Waals surface area contributed by atoms with Crippen LogP contribution in [-0.4, -0.2) is 22.8 Å².